The number of phenolic OH excluding ortho intramolecular Hbond substituents is 1. The van der Waals surface area contributed by atoms with Crippen LogP contribution in [0.5, 0.6) is 5.75 Å². The third kappa shape index (κ3) is 5.17. The maximum atomic E-state index is 14.3. The van der Waals surface area contributed by atoms with Gasteiger partial charge in [0, 0.05) is 43.7 Å². The Balaban J connectivity index is 1.36. The molecule has 42 heavy (non-hydrogen) atoms. The number of aromatic hydroxyl groups is 1. The van der Waals surface area contributed by atoms with Gasteiger partial charge in [0.05, 0.1) is 12.6 Å². The highest BCUT2D eigenvalue weighted by Gasteiger charge is 2.54. The number of nitrogens with one attached hydrogen (secondary N) is 1. The lowest BCUT2D eigenvalue weighted by atomic mass is 9.95. The molecule has 0 radical (unpaired) electrons. The fraction of sp³-hybridized carbons (Fsp3) is 0.290. The largest absolute Gasteiger partial charge is 0.508 e. The molecule has 2 aromatic carbocycles. The molecule has 216 valence electrons. The summed E-state index contributed by atoms with van der Waals surface area (Å²) in [6.07, 6.45) is 2.87. The van der Waals surface area contributed by atoms with E-state index >= 15 is 0 Å². The summed E-state index contributed by atoms with van der Waals surface area (Å²) in [7, 11) is 1.72. The number of hydrazine groups is 1. The van der Waals surface area contributed by atoms with E-state index in [-0.39, 0.29) is 36.6 Å². The van der Waals surface area contributed by atoms with Crippen LogP contribution in [-0.4, -0.2) is 79.6 Å². The van der Waals surface area contributed by atoms with Crippen molar-refractivity contribution in [3.8, 4) is 5.75 Å². The van der Waals surface area contributed by atoms with E-state index in [1.807, 2.05) is 31.2 Å². The van der Waals surface area contributed by atoms with Crippen molar-refractivity contribution in [3.05, 3.63) is 95.1 Å². The summed E-state index contributed by atoms with van der Waals surface area (Å²) >= 11 is 1.63. The number of phenols is 1. The number of carbonyl (C=O) groups excluding carboxylic acids is 3. The van der Waals surface area contributed by atoms with Crippen LogP contribution in [0.25, 0.3) is 10.1 Å². The Labute approximate surface area is 247 Å². The Morgan fingerprint density at radius 2 is 1.79 bits per heavy atom. The van der Waals surface area contributed by atoms with Crippen LogP contribution in [0.1, 0.15) is 23.6 Å². The number of rotatable bonds is 6. The van der Waals surface area contributed by atoms with Crippen LogP contribution >= 0.6 is 11.3 Å². The Hall–Kier alpha value is -4.48. The molecule has 0 bridgehead atoms. The summed E-state index contributed by atoms with van der Waals surface area (Å²) < 4.78 is 1.14. The van der Waals surface area contributed by atoms with Gasteiger partial charge in [-0.25, -0.2) is 14.8 Å². The van der Waals surface area contributed by atoms with Gasteiger partial charge in [0.25, 0.3) is 0 Å². The molecule has 2 fully saturated rings. The number of benzene rings is 2. The van der Waals surface area contributed by atoms with E-state index in [1.165, 1.54) is 0 Å². The van der Waals surface area contributed by atoms with Crippen molar-refractivity contribution in [1.82, 2.24) is 30.1 Å². The zero-order valence-electron chi connectivity index (χ0n) is 23.4. The molecule has 4 heterocycles. The number of fused-ring (bicyclic) bond motifs is 2. The quantitative estimate of drug-likeness (QED) is 0.359. The number of hydrogen-bond acceptors (Lipinski definition) is 7. The van der Waals surface area contributed by atoms with E-state index in [9.17, 15) is 19.5 Å². The van der Waals surface area contributed by atoms with Gasteiger partial charge >= 0.3 is 6.03 Å². The highest BCUT2D eigenvalue weighted by Crippen LogP contribution is 2.34. The van der Waals surface area contributed by atoms with E-state index in [1.54, 1.807) is 74.9 Å². The second kappa shape index (κ2) is 11.4. The number of piperazine rings is 1. The normalized spacial score (nSPS) is 21.1. The van der Waals surface area contributed by atoms with Crippen LogP contribution in [0.3, 0.4) is 0 Å². The predicted molar refractivity (Wildman–Crippen MR) is 159 cm³/mol. The number of carbonyl (C=O) groups is 3. The van der Waals surface area contributed by atoms with Crippen LogP contribution in [0.15, 0.2) is 78.4 Å². The summed E-state index contributed by atoms with van der Waals surface area (Å²) in [6.45, 7) is 2.50. The molecule has 2 saturated heterocycles. The van der Waals surface area contributed by atoms with Crippen molar-refractivity contribution < 1.29 is 19.5 Å². The minimum Gasteiger partial charge on any atom is -0.508 e. The highest BCUT2D eigenvalue weighted by molar-refractivity contribution is 7.17. The van der Waals surface area contributed by atoms with E-state index in [0.29, 0.717) is 13.1 Å². The van der Waals surface area contributed by atoms with Crippen LogP contribution in [0.4, 0.5) is 4.79 Å². The first-order valence-corrected chi connectivity index (χ1v) is 14.7. The lowest BCUT2D eigenvalue weighted by Crippen LogP contribution is -2.78. The molecular formula is C31H32N6O4S. The Bertz CT molecular complexity index is 1610. The fourth-order valence-corrected chi connectivity index (χ4v) is 6.88. The third-order valence-electron chi connectivity index (χ3n) is 8.05. The van der Waals surface area contributed by atoms with Crippen LogP contribution in [0.2, 0.25) is 0 Å². The maximum Gasteiger partial charge on any atom is 0.334 e. The van der Waals surface area contributed by atoms with Crippen LogP contribution in [0, 0.1) is 0 Å². The van der Waals surface area contributed by atoms with Crippen molar-refractivity contribution in [2.75, 3.05) is 13.6 Å². The van der Waals surface area contributed by atoms with Gasteiger partial charge in [-0.1, -0.05) is 30.3 Å². The van der Waals surface area contributed by atoms with Crippen LogP contribution in [-0.2, 0) is 29.1 Å². The van der Waals surface area contributed by atoms with Crippen molar-refractivity contribution in [2.45, 2.75) is 44.7 Å². The number of hydrogen-bond donors (Lipinski definition) is 2. The summed E-state index contributed by atoms with van der Waals surface area (Å²) in [5, 5.41) is 19.2. The maximum absolute atomic E-state index is 14.3. The average Bonchev–Trinajstić information content (AvgIpc) is 3.40. The number of amides is 4. The van der Waals surface area contributed by atoms with Gasteiger partial charge in [0.1, 0.15) is 18.0 Å². The predicted octanol–water partition coefficient (Wildman–Crippen LogP) is 3.57. The molecule has 11 heteroatoms. The molecule has 0 unspecified atom stereocenters. The third-order valence-corrected chi connectivity index (χ3v) is 9.06. The summed E-state index contributed by atoms with van der Waals surface area (Å²) in [5.74, 6) is -0.263. The number of pyridine rings is 1. The topological polar surface area (TPSA) is 109 Å². The minimum atomic E-state index is -0.822. The molecule has 2 aliphatic rings. The lowest BCUT2D eigenvalue weighted by Gasteiger charge is -2.57. The van der Waals surface area contributed by atoms with Crippen molar-refractivity contribution >= 4 is 39.3 Å². The van der Waals surface area contributed by atoms with E-state index in [4.69, 9.17) is 0 Å². The van der Waals surface area contributed by atoms with Crippen molar-refractivity contribution in [2.24, 2.45) is 0 Å². The molecule has 0 aliphatic carbocycles. The molecule has 10 nitrogen and oxygen atoms in total. The Morgan fingerprint density at radius 3 is 2.55 bits per heavy atom. The average molecular weight is 585 g/mol. The van der Waals surface area contributed by atoms with E-state index in [0.717, 1.165) is 26.8 Å². The first-order chi connectivity index (χ1) is 20.3. The molecule has 0 spiro atoms. The number of nitrogens with zero attached hydrogens (tertiary/aromatic N) is 5. The van der Waals surface area contributed by atoms with Crippen molar-refractivity contribution in [1.29, 1.82) is 0 Å². The second-order valence-corrected chi connectivity index (χ2v) is 11.7. The van der Waals surface area contributed by atoms with Gasteiger partial charge < -0.3 is 20.2 Å². The first kappa shape index (κ1) is 27.7. The van der Waals surface area contributed by atoms with Gasteiger partial charge in [-0.15, -0.1) is 11.3 Å². The summed E-state index contributed by atoms with van der Waals surface area (Å²) in [5.41, 5.74) is 2.73. The van der Waals surface area contributed by atoms with E-state index < -0.39 is 18.2 Å². The smallest absolute Gasteiger partial charge is 0.334 e. The van der Waals surface area contributed by atoms with Gasteiger partial charge in [-0.3, -0.25) is 14.6 Å². The van der Waals surface area contributed by atoms with Gasteiger partial charge in [0.2, 0.25) is 11.8 Å². The zero-order valence-corrected chi connectivity index (χ0v) is 24.2. The zero-order chi connectivity index (χ0) is 29.4. The first-order valence-electron chi connectivity index (χ1n) is 13.8. The van der Waals surface area contributed by atoms with Crippen molar-refractivity contribution in [3.63, 3.8) is 0 Å². The SMILES string of the molecule is C[C@H]1[C@H]2N(C(=O)CN(C)N2C(=O)NCc2ccncc2)[C@@H](Cc2ccc(O)cc2)C(=O)N1Cc1csc2ccccc12. The van der Waals surface area contributed by atoms with Crippen LogP contribution < -0.4 is 5.32 Å². The number of urea groups is 1. The number of thiophene rings is 1. The minimum absolute atomic E-state index is 0.0412. The Kier molecular flexibility index (Phi) is 7.53. The monoisotopic (exact) mass is 584 g/mol. The molecule has 6 rings (SSSR count). The molecule has 0 saturated carbocycles. The van der Waals surface area contributed by atoms with Gasteiger partial charge in [-0.2, -0.15) is 0 Å². The lowest BCUT2D eigenvalue weighted by molar-refractivity contribution is -0.196. The molecule has 2 N–H and O–H groups in total. The summed E-state index contributed by atoms with van der Waals surface area (Å²) in [4.78, 5) is 49.1. The Morgan fingerprint density at radius 1 is 1.05 bits per heavy atom. The van der Waals surface area contributed by atoms with E-state index in [2.05, 4.69) is 27.8 Å². The molecule has 2 aromatic heterocycles. The summed E-state index contributed by atoms with van der Waals surface area (Å²) in [6, 6.07) is 16.7. The molecule has 4 amide bonds. The number of aromatic nitrogens is 1. The molecule has 4 aromatic rings. The standard InChI is InChI=1S/C31H32N6O4S/c1-20-29-36(28(39)18-34(2)37(29)31(41)33-16-22-11-13-32-14-12-22)26(15-21-7-9-24(38)10-8-21)30(40)35(20)17-23-19-42-27-6-4-3-5-25(23)27/h3-14,19-20,26,29,38H,15-18H2,1-2H3,(H,33,41)/t20-,26-,29-/m0/s1. The van der Waals surface area contributed by atoms with Gasteiger partial charge in [0.15, 0.2) is 0 Å². The molecule has 3 atom stereocenters. The second-order valence-electron chi connectivity index (χ2n) is 10.7. The van der Waals surface area contributed by atoms with Gasteiger partial charge in [-0.05, 0) is 64.7 Å². The molecule has 2 aliphatic heterocycles. The molecular weight excluding hydrogens is 552 g/mol. The number of likely N-dealkylation sites (N-methyl/N-ethyl adjacent to an activating group) is 1. The highest BCUT2D eigenvalue weighted by atomic mass is 32.1. The fourth-order valence-electron chi connectivity index (χ4n) is 5.92.